The van der Waals surface area contributed by atoms with Crippen LogP contribution in [0.4, 0.5) is 0 Å². The maximum atomic E-state index is 3.70. The quantitative estimate of drug-likeness (QED) is 0.739. The Labute approximate surface area is 127 Å². The summed E-state index contributed by atoms with van der Waals surface area (Å²) >= 11 is 0. The van der Waals surface area contributed by atoms with Gasteiger partial charge >= 0.3 is 0 Å². The van der Waals surface area contributed by atoms with Crippen LogP contribution in [0.2, 0.25) is 0 Å². The van der Waals surface area contributed by atoms with E-state index in [2.05, 4.69) is 56.8 Å². The first-order chi connectivity index (χ1) is 9.42. The summed E-state index contributed by atoms with van der Waals surface area (Å²) in [6, 6.07) is 0.693. The lowest BCUT2D eigenvalue weighted by molar-refractivity contribution is 0.0596. The minimum Gasteiger partial charge on any atom is -0.316 e. The van der Waals surface area contributed by atoms with Gasteiger partial charge in [0.2, 0.25) is 0 Å². The second kappa shape index (κ2) is 8.35. The number of rotatable bonds is 8. The van der Waals surface area contributed by atoms with Crippen LogP contribution >= 0.6 is 0 Å². The summed E-state index contributed by atoms with van der Waals surface area (Å²) in [6.45, 7) is 18.9. The fraction of sp³-hybridized carbons (Fsp3) is 1.00. The van der Waals surface area contributed by atoms with Gasteiger partial charge in [0, 0.05) is 38.8 Å². The second-order valence-electron chi connectivity index (χ2n) is 7.30. The molecule has 0 radical (unpaired) electrons. The van der Waals surface area contributed by atoms with Crippen molar-refractivity contribution in [3.8, 4) is 0 Å². The van der Waals surface area contributed by atoms with Crippen molar-refractivity contribution in [3.05, 3.63) is 0 Å². The lowest BCUT2D eigenvalue weighted by atomic mass is 9.81. The van der Waals surface area contributed by atoms with E-state index in [9.17, 15) is 0 Å². The zero-order valence-corrected chi connectivity index (χ0v) is 14.7. The first-order valence-electron chi connectivity index (χ1n) is 8.55. The number of nitrogens with one attached hydrogen (secondary N) is 1. The van der Waals surface area contributed by atoms with Gasteiger partial charge in [-0.05, 0) is 44.7 Å². The Morgan fingerprint density at radius 3 is 2.35 bits per heavy atom. The fourth-order valence-electron chi connectivity index (χ4n) is 3.15. The van der Waals surface area contributed by atoms with E-state index in [1.807, 2.05) is 0 Å². The molecule has 0 aliphatic carbocycles. The van der Waals surface area contributed by atoms with E-state index in [1.54, 1.807) is 0 Å². The normalized spacial score (nSPS) is 22.6. The summed E-state index contributed by atoms with van der Waals surface area (Å²) in [5, 5.41) is 3.70. The molecule has 1 fully saturated rings. The van der Waals surface area contributed by atoms with Crippen LogP contribution in [0, 0.1) is 11.3 Å². The van der Waals surface area contributed by atoms with E-state index < -0.39 is 0 Å². The van der Waals surface area contributed by atoms with Crippen LogP contribution < -0.4 is 5.32 Å². The van der Waals surface area contributed by atoms with Gasteiger partial charge in [-0.15, -0.1) is 0 Å². The highest BCUT2D eigenvalue weighted by molar-refractivity contribution is 4.86. The molecule has 20 heavy (non-hydrogen) atoms. The molecule has 0 saturated carbocycles. The fourth-order valence-corrected chi connectivity index (χ4v) is 3.15. The van der Waals surface area contributed by atoms with Gasteiger partial charge in [0.25, 0.3) is 0 Å². The lowest BCUT2D eigenvalue weighted by Crippen LogP contribution is -2.54. The molecule has 1 saturated heterocycles. The highest BCUT2D eigenvalue weighted by Gasteiger charge is 2.31. The van der Waals surface area contributed by atoms with Gasteiger partial charge in [-0.2, -0.15) is 0 Å². The Kier molecular flexibility index (Phi) is 7.49. The predicted molar refractivity (Wildman–Crippen MR) is 89.3 cm³/mol. The zero-order valence-electron chi connectivity index (χ0n) is 14.7. The SMILES string of the molecule is CCC(CC)(CNCC(C)C)CN1CCN(C)C(C)C1. The van der Waals surface area contributed by atoms with E-state index in [0.717, 1.165) is 12.5 Å². The van der Waals surface area contributed by atoms with Crippen LogP contribution in [0.5, 0.6) is 0 Å². The van der Waals surface area contributed by atoms with E-state index >= 15 is 0 Å². The molecule has 1 heterocycles. The molecule has 3 heteroatoms. The van der Waals surface area contributed by atoms with E-state index in [-0.39, 0.29) is 0 Å². The Hall–Kier alpha value is -0.120. The maximum Gasteiger partial charge on any atom is 0.0192 e. The van der Waals surface area contributed by atoms with Crippen LogP contribution in [0.1, 0.15) is 47.5 Å². The zero-order chi connectivity index (χ0) is 15.2. The molecule has 120 valence electrons. The minimum absolute atomic E-state index is 0.449. The van der Waals surface area contributed by atoms with E-state index in [4.69, 9.17) is 0 Å². The average molecular weight is 284 g/mol. The molecule has 1 unspecified atom stereocenters. The molecule has 1 N–H and O–H groups in total. The summed E-state index contributed by atoms with van der Waals surface area (Å²) < 4.78 is 0. The molecule has 0 spiro atoms. The molecular weight excluding hydrogens is 246 g/mol. The first-order valence-corrected chi connectivity index (χ1v) is 8.55. The highest BCUT2D eigenvalue weighted by Crippen LogP contribution is 2.28. The largest absolute Gasteiger partial charge is 0.316 e. The Balaban J connectivity index is 2.52. The first kappa shape index (κ1) is 17.9. The Morgan fingerprint density at radius 1 is 1.20 bits per heavy atom. The Morgan fingerprint density at radius 2 is 1.85 bits per heavy atom. The third kappa shape index (κ3) is 5.34. The maximum absolute atomic E-state index is 3.70. The molecule has 1 aliphatic heterocycles. The molecule has 1 aliphatic rings. The van der Waals surface area contributed by atoms with Gasteiger partial charge in [0.1, 0.15) is 0 Å². The summed E-state index contributed by atoms with van der Waals surface area (Å²) in [5.41, 5.74) is 0.449. The molecule has 0 bridgehead atoms. The van der Waals surface area contributed by atoms with Crippen LogP contribution in [-0.2, 0) is 0 Å². The van der Waals surface area contributed by atoms with Gasteiger partial charge in [-0.25, -0.2) is 0 Å². The Bertz CT molecular complexity index is 261. The number of hydrogen-bond acceptors (Lipinski definition) is 3. The molecule has 1 atom stereocenters. The van der Waals surface area contributed by atoms with Crippen molar-refractivity contribution in [3.63, 3.8) is 0 Å². The topological polar surface area (TPSA) is 18.5 Å². The predicted octanol–water partition coefficient (Wildman–Crippen LogP) is 2.67. The second-order valence-corrected chi connectivity index (χ2v) is 7.30. The van der Waals surface area contributed by atoms with Crippen molar-refractivity contribution in [2.45, 2.75) is 53.5 Å². The van der Waals surface area contributed by atoms with Gasteiger partial charge in [0.15, 0.2) is 0 Å². The minimum atomic E-state index is 0.449. The molecule has 0 amide bonds. The van der Waals surface area contributed by atoms with Gasteiger partial charge in [-0.3, -0.25) is 4.90 Å². The van der Waals surface area contributed by atoms with Crippen LogP contribution in [-0.4, -0.2) is 62.2 Å². The summed E-state index contributed by atoms with van der Waals surface area (Å²) in [7, 11) is 2.25. The van der Waals surface area contributed by atoms with E-state index in [1.165, 1.54) is 45.6 Å². The number of hydrogen-bond donors (Lipinski definition) is 1. The standard InChI is InChI=1S/C17H37N3/c1-7-17(8-2,13-18-11-15(3)4)14-20-10-9-19(6)16(5)12-20/h15-16,18H,7-14H2,1-6H3. The van der Waals surface area contributed by atoms with Gasteiger partial charge < -0.3 is 10.2 Å². The van der Waals surface area contributed by atoms with Crippen molar-refractivity contribution < 1.29 is 0 Å². The summed E-state index contributed by atoms with van der Waals surface area (Å²) in [6.07, 6.45) is 2.55. The van der Waals surface area contributed by atoms with Crippen LogP contribution in [0.15, 0.2) is 0 Å². The lowest BCUT2D eigenvalue weighted by Gasteiger charge is -2.43. The molecular formula is C17H37N3. The van der Waals surface area contributed by atoms with Crippen molar-refractivity contribution in [1.82, 2.24) is 15.1 Å². The third-order valence-electron chi connectivity index (χ3n) is 5.16. The smallest absolute Gasteiger partial charge is 0.0192 e. The molecule has 1 rings (SSSR count). The average Bonchev–Trinajstić information content (AvgIpc) is 2.41. The van der Waals surface area contributed by atoms with Gasteiger partial charge in [-0.1, -0.05) is 27.7 Å². The number of piperazine rings is 1. The van der Waals surface area contributed by atoms with Crippen molar-refractivity contribution in [2.24, 2.45) is 11.3 Å². The highest BCUT2D eigenvalue weighted by atomic mass is 15.3. The van der Waals surface area contributed by atoms with Crippen molar-refractivity contribution in [2.75, 3.05) is 46.3 Å². The summed E-state index contributed by atoms with van der Waals surface area (Å²) in [5.74, 6) is 0.741. The van der Waals surface area contributed by atoms with Crippen LogP contribution in [0.3, 0.4) is 0 Å². The summed E-state index contributed by atoms with van der Waals surface area (Å²) in [4.78, 5) is 5.17. The number of likely N-dealkylation sites (N-methyl/N-ethyl adjacent to an activating group) is 1. The van der Waals surface area contributed by atoms with Crippen molar-refractivity contribution >= 4 is 0 Å². The molecule has 3 nitrogen and oxygen atoms in total. The third-order valence-corrected chi connectivity index (χ3v) is 5.16. The molecule has 0 aromatic heterocycles. The monoisotopic (exact) mass is 283 g/mol. The van der Waals surface area contributed by atoms with Gasteiger partial charge in [0.05, 0.1) is 0 Å². The molecule has 0 aromatic carbocycles. The van der Waals surface area contributed by atoms with Crippen LogP contribution in [0.25, 0.3) is 0 Å². The molecule has 0 aromatic rings. The number of nitrogens with zero attached hydrogens (tertiary/aromatic N) is 2. The van der Waals surface area contributed by atoms with Crippen molar-refractivity contribution in [1.29, 1.82) is 0 Å². The van der Waals surface area contributed by atoms with E-state index in [0.29, 0.717) is 11.5 Å².